The van der Waals surface area contributed by atoms with E-state index < -0.39 is 0 Å². The molecule has 0 bridgehead atoms. The number of carbonyl (C=O) groups is 1. The molecular weight excluding hydrogens is 274 g/mol. The molecule has 4 nitrogen and oxygen atoms in total. The summed E-state index contributed by atoms with van der Waals surface area (Å²) in [6.07, 6.45) is 6.02. The smallest absolute Gasteiger partial charge is 0.253 e. The van der Waals surface area contributed by atoms with Crippen LogP contribution < -0.4 is 0 Å². The minimum Gasteiger partial charge on any atom is -0.339 e. The summed E-state index contributed by atoms with van der Waals surface area (Å²) in [5.74, 6) is 1.87. The van der Waals surface area contributed by atoms with Crippen LogP contribution in [0.4, 0.5) is 0 Å². The van der Waals surface area contributed by atoms with Gasteiger partial charge in [-0.15, -0.1) is 0 Å². The fourth-order valence-corrected chi connectivity index (χ4v) is 3.15. The maximum atomic E-state index is 12.5. The zero-order valence-corrected chi connectivity index (χ0v) is 13.3. The number of imidazole rings is 1. The zero-order chi connectivity index (χ0) is 15.5. The van der Waals surface area contributed by atoms with E-state index in [0.29, 0.717) is 5.92 Å². The molecule has 0 spiro atoms. The van der Waals surface area contributed by atoms with Crippen molar-refractivity contribution in [3.05, 3.63) is 53.6 Å². The fourth-order valence-electron chi connectivity index (χ4n) is 3.15. The number of hydrogen-bond acceptors (Lipinski definition) is 2. The van der Waals surface area contributed by atoms with Gasteiger partial charge in [-0.05, 0) is 44.7 Å². The Kier molecular flexibility index (Phi) is 4.27. The van der Waals surface area contributed by atoms with Crippen molar-refractivity contribution < 1.29 is 4.79 Å². The molecule has 116 valence electrons. The van der Waals surface area contributed by atoms with E-state index in [0.717, 1.165) is 49.4 Å². The number of aryl methyl sites for hydroxylation is 2. The number of hydrogen-bond donors (Lipinski definition) is 0. The maximum absolute atomic E-state index is 12.5. The fraction of sp³-hybridized carbons (Fsp3) is 0.444. The van der Waals surface area contributed by atoms with Crippen molar-refractivity contribution in [2.75, 3.05) is 13.1 Å². The van der Waals surface area contributed by atoms with Gasteiger partial charge in [-0.2, -0.15) is 0 Å². The molecule has 0 atom stereocenters. The van der Waals surface area contributed by atoms with Crippen molar-refractivity contribution in [2.24, 2.45) is 5.92 Å². The predicted octanol–water partition coefficient (Wildman–Crippen LogP) is 3.05. The number of rotatable bonds is 3. The molecule has 1 amide bonds. The van der Waals surface area contributed by atoms with Crippen molar-refractivity contribution in [1.29, 1.82) is 0 Å². The van der Waals surface area contributed by atoms with Gasteiger partial charge in [0.2, 0.25) is 0 Å². The first-order chi connectivity index (χ1) is 10.6. The lowest BCUT2D eigenvalue weighted by Gasteiger charge is -2.32. The van der Waals surface area contributed by atoms with Crippen LogP contribution in [0, 0.1) is 19.8 Å². The van der Waals surface area contributed by atoms with Crippen LogP contribution in [0.25, 0.3) is 0 Å². The molecule has 1 saturated heterocycles. The summed E-state index contributed by atoms with van der Waals surface area (Å²) in [5.41, 5.74) is 1.94. The van der Waals surface area contributed by atoms with E-state index in [9.17, 15) is 4.79 Å². The third-order valence-corrected chi connectivity index (χ3v) is 4.55. The van der Waals surface area contributed by atoms with Crippen molar-refractivity contribution in [3.63, 3.8) is 0 Å². The van der Waals surface area contributed by atoms with Gasteiger partial charge in [0.15, 0.2) is 0 Å². The van der Waals surface area contributed by atoms with E-state index >= 15 is 0 Å². The molecule has 0 aliphatic carbocycles. The van der Waals surface area contributed by atoms with Gasteiger partial charge in [0.05, 0.1) is 0 Å². The van der Waals surface area contributed by atoms with Crippen LogP contribution in [0.15, 0.2) is 36.7 Å². The van der Waals surface area contributed by atoms with Gasteiger partial charge in [0.1, 0.15) is 5.82 Å². The lowest BCUT2D eigenvalue weighted by atomic mass is 9.96. The monoisotopic (exact) mass is 297 g/mol. The summed E-state index contributed by atoms with van der Waals surface area (Å²) in [7, 11) is 0. The van der Waals surface area contributed by atoms with E-state index in [4.69, 9.17) is 0 Å². The zero-order valence-electron chi connectivity index (χ0n) is 13.3. The quantitative estimate of drug-likeness (QED) is 0.873. The van der Waals surface area contributed by atoms with Crippen molar-refractivity contribution in [3.8, 4) is 0 Å². The second-order valence-corrected chi connectivity index (χ2v) is 6.23. The molecular formula is C18H23N3O. The van der Waals surface area contributed by atoms with Gasteiger partial charge in [0.25, 0.3) is 5.91 Å². The standard InChI is InChI=1S/C18H23N3O/c1-14-4-3-5-17(12-14)18(22)20-9-6-16(7-10-20)13-21-11-8-19-15(21)2/h3-5,8,11-12,16H,6-7,9-10,13H2,1-2H3. The largest absolute Gasteiger partial charge is 0.339 e. The number of piperidine rings is 1. The number of benzene rings is 1. The average molecular weight is 297 g/mol. The lowest BCUT2D eigenvalue weighted by molar-refractivity contribution is 0.0682. The van der Waals surface area contributed by atoms with E-state index in [1.165, 1.54) is 0 Å². The first-order valence-corrected chi connectivity index (χ1v) is 7.97. The lowest BCUT2D eigenvalue weighted by Crippen LogP contribution is -2.39. The molecule has 3 rings (SSSR count). The van der Waals surface area contributed by atoms with Crippen LogP contribution in [0.2, 0.25) is 0 Å². The molecule has 1 aromatic carbocycles. The van der Waals surface area contributed by atoms with Gasteiger partial charge in [-0.3, -0.25) is 4.79 Å². The second-order valence-electron chi connectivity index (χ2n) is 6.23. The molecule has 0 unspecified atom stereocenters. The Labute approximate surface area is 131 Å². The normalized spacial score (nSPS) is 16.0. The van der Waals surface area contributed by atoms with Gasteiger partial charge in [0, 0.05) is 37.6 Å². The van der Waals surface area contributed by atoms with Gasteiger partial charge in [-0.1, -0.05) is 17.7 Å². The number of carbonyl (C=O) groups excluding carboxylic acids is 1. The number of amides is 1. The molecule has 2 aromatic rings. The van der Waals surface area contributed by atoms with Crippen molar-refractivity contribution >= 4 is 5.91 Å². The van der Waals surface area contributed by atoms with Crippen LogP contribution in [-0.2, 0) is 6.54 Å². The number of nitrogens with zero attached hydrogens (tertiary/aromatic N) is 3. The van der Waals surface area contributed by atoms with Crippen LogP contribution in [-0.4, -0.2) is 33.4 Å². The van der Waals surface area contributed by atoms with E-state index in [-0.39, 0.29) is 5.91 Å². The molecule has 1 aliphatic rings. The van der Waals surface area contributed by atoms with Crippen LogP contribution >= 0.6 is 0 Å². The Morgan fingerprint density at radius 1 is 1.27 bits per heavy atom. The second kappa shape index (κ2) is 6.34. The highest BCUT2D eigenvalue weighted by atomic mass is 16.2. The molecule has 1 fully saturated rings. The third-order valence-electron chi connectivity index (χ3n) is 4.55. The summed E-state index contributed by atoms with van der Waals surface area (Å²) < 4.78 is 2.21. The van der Waals surface area contributed by atoms with E-state index in [1.807, 2.05) is 55.4 Å². The highest BCUT2D eigenvalue weighted by Gasteiger charge is 2.24. The summed E-state index contributed by atoms with van der Waals surface area (Å²) in [4.78, 5) is 18.8. The molecule has 4 heteroatoms. The summed E-state index contributed by atoms with van der Waals surface area (Å²) in [6, 6.07) is 7.87. The summed E-state index contributed by atoms with van der Waals surface area (Å²) in [5, 5.41) is 0. The highest BCUT2D eigenvalue weighted by Crippen LogP contribution is 2.21. The van der Waals surface area contributed by atoms with E-state index in [1.54, 1.807) is 0 Å². The maximum Gasteiger partial charge on any atom is 0.253 e. The molecule has 1 aliphatic heterocycles. The van der Waals surface area contributed by atoms with Gasteiger partial charge >= 0.3 is 0 Å². The molecule has 22 heavy (non-hydrogen) atoms. The van der Waals surface area contributed by atoms with Crippen molar-refractivity contribution in [1.82, 2.24) is 14.5 Å². The minimum absolute atomic E-state index is 0.168. The van der Waals surface area contributed by atoms with Gasteiger partial charge < -0.3 is 9.47 Å². The summed E-state index contributed by atoms with van der Waals surface area (Å²) in [6.45, 7) is 6.78. The first-order valence-electron chi connectivity index (χ1n) is 7.97. The van der Waals surface area contributed by atoms with Crippen LogP contribution in [0.3, 0.4) is 0 Å². The Bertz CT molecular complexity index is 654. The minimum atomic E-state index is 0.168. The molecule has 2 heterocycles. The SMILES string of the molecule is Cc1cccc(C(=O)N2CCC(Cn3ccnc3C)CC2)c1. The topological polar surface area (TPSA) is 38.1 Å². The Hall–Kier alpha value is -2.10. The highest BCUT2D eigenvalue weighted by molar-refractivity contribution is 5.94. The Morgan fingerprint density at radius 2 is 2.05 bits per heavy atom. The van der Waals surface area contributed by atoms with Crippen LogP contribution in [0.1, 0.15) is 34.6 Å². The number of likely N-dealkylation sites (tertiary alicyclic amines) is 1. The third kappa shape index (κ3) is 3.21. The molecule has 0 radical (unpaired) electrons. The first kappa shape index (κ1) is 14.8. The Balaban J connectivity index is 1.57. The van der Waals surface area contributed by atoms with Gasteiger partial charge in [-0.25, -0.2) is 4.98 Å². The Morgan fingerprint density at radius 3 is 2.68 bits per heavy atom. The summed E-state index contributed by atoms with van der Waals surface area (Å²) >= 11 is 0. The van der Waals surface area contributed by atoms with Crippen molar-refractivity contribution in [2.45, 2.75) is 33.2 Å². The molecule has 1 aromatic heterocycles. The molecule has 0 saturated carbocycles. The average Bonchev–Trinajstić information content (AvgIpc) is 2.92. The molecule has 0 N–H and O–H groups in total. The number of aromatic nitrogens is 2. The van der Waals surface area contributed by atoms with Crippen LogP contribution in [0.5, 0.6) is 0 Å². The van der Waals surface area contributed by atoms with E-state index in [2.05, 4.69) is 9.55 Å². The predicted molar refractivity (Wildman–Crippen MR) is 86.8 cm³/mol.